The smallest absolute Gasteiger partial charge is 0.331 e. The molecule has 1 amide bonds. The van der Waals surface area contributed by atoms with Crippen LogP contribution in [0.25, 0.3) is 0 Å². The highest BCUT2D eigenvalue weighted by Gasteiger charge is 2.04. The highest BCUT2D eigenvalue weighted by atomic mass is 16.5. The van der Waals surface area contributed by atoms with E-state index >= 15 is 0 Å². The number of nitrogens with zero attached hydrogens (tertiary/aromatic N) is 1. The van der Waals surface area contributed by atoms with Crippen molar-refractivity contribution in [3.05, 3.63) is 75.4 Å². The molecule has 136 valence electrons. The lowest BCUT2D eigenvalue weighted by Gasteiger charge is -2.16. The van der Waals surface area contributed by atoms with E-state index in [0.29, 0.717) is 13.1 Å². The molecule has 0 aromatic rings. The summed E-state index contributed by atoms with van der Waals surface area (Å²) in [5.74, 6) is -1.31. The molecule has 0 spiro atoms. The van der Waals surface area contributed by atoms with E-state index in [0.717, 1.165) is 12.2 Å². The summed E-state index contributed by atoms with van der Waals surface area (Å²) < 4.78 is 9.15. The number of carbonyl (C=O) groups excluding carboxylic acids is 3. The molecule has 0 unspecified atom stereocenters. The third kappa shape index (κ3) is 15.5. The number of hydrogen-bond acceptors (Lipinski definition) is 5. The molecule has 0 aliphatic rings. The van der Waals surface area contributed by atoms with Crippen LogP contribution >= 0.6 is 0 Å². The minimum Gasteiger partial charge on any atom is -0.458 e. The zero-order valence-electron chi connectivity index (χ0n) is 14.4. The van der Waals surface area contributed by atoms with Gasteiger partial charge in [-0.05, 0) is 6.08 Å². The van der Waals surface area contributed by atoms with Crippen LogP contribution < -0.4 is 0 Å². The lowest BCUT2D eigenvalue weighted by atomic mass is 10.4. The van der Waals surface area contributed by atoms with Gasteiger partial charge in [0.05, 0.1) is 0 Å². The average molecular weight is 347 g/mol. The molecular weight excluding hydrogens is 322 g/mol. The second-order valence-corrected chi connectivity index (χ2v) is 4.20. The van der Waals surface area contributed by atoms with Crippen LogP contribution in [0.2, 0.25) is 0 Å². The number of ether oxygens (including phenoxy) is 2. The van der Waals surface area contributed by atoms with Gasteiger partial charge in [0.15, 0.2) is 0 Å². The number of carbonyl (C=O) groups is 3. The molecule has 0 saturated heterocycles. The van der Waals surface area contributed by atoms with Crippen LogP contribution in [0, 0.1) is 0 Å². The average Bonchev–Trinajstić information content (AvgIpc) is 2.62. The molecule has 0 aromatic carbocycles. The van der Waals surface area contributed by atoms with Gasteiger partial charge in [-0.2, -0.15) is 0 Å². The van der Waals surface area contributed by atoms with Crippen LogP contribution in [0.5, 0.6) is 0 Å². The van der Waals surface area contributed by atoms with Gasteiger partial charge in [0, 0.05) is 25.2 Å². The summed E-state index contributed by atoms with van der Waals surface area (Å²) in [6.07, 6.45) is 9.48. The van der Waals surface area contributed by atoms with E-state index in [1.807, 2.05) is 0 Å². The zero-order chi connectivity index (χ0) is 19.5. The highest BCUT2D eigenvalue weighted by molar-refractivity contribution is 5.91. The fourth-order valence-corrected chi connectivity index (χ4v) is 1.21. The number of hydrogen-bond donors (Lipinski definition) is 0. The molecule has 6 nitrogen and oxygen atoms in total. The van der Waals surface area contributed by atoms with Crippen LogP contribution in [0.3, 0.4) is 0 Å². The summed E-state index contributed by atoms with van der Waals surface area (Å²) in [4.78, 5) is 34.2. The fraction of sp³-hybridized carbons (Fsp3) is 0.211. The van der Waals surface area contributed by atoms with Crippen molar-refractivity contribution in [2.45, 2.75) is 0 Å². The van der Waals surface area contributed by atoms with E-state index in [4.69, 9.17) is 0 Å². The van der Waals surface area contributed by atoms with Crippen molar-refractivity contribution >= 4 is 17.8 Å². The van der Waals surface area contributed by atoms with E-state index in [-0.39, 0.29) is 19.1 Å². The second kappa shape index (κ2) is 17.2. The van der Waals surface area contributed by atoms with Crippen molar-refractivity contribution in [2.75, 3.05) is 26.3 Å². The first-order valence-electron chi connectivity index (χ1n) is 7.33. The molecule has 0 N–H and O–H groups in total. The Bertz CT molecular complexity index is 484. The lowest BCUT2D eigenvalue weighted by Crippen LogP contribution is -2.29. The van der Waals surface area contributed by atoms with Crippen LogP contribution in [0.4, 0.5) is 0 Å². The molecule has 0 aromatic heterocycles. The van der Waals surface area contributed by atoms with Gasteiger partial charge in [-0.25, -0.2) is 9.59 Å². The Balaban J connectivity index is 0. The molecule has 0 heterocycles. The van der Waals surface area contributed by atoms with E-state index in [1.54, 1.807) is 17.1 Å². The van der Waals surface area contributed by atoms with E-state index < -0.39 is 11.9 Å². The predicted octanol–water partition coefficient (Wildman–Crippen LogP) is 2.37. The Labute approximate surface area is 149 Å². The lowest BCUT2D eigenvalue weighted by molar-refractivity contribution is -0.139. The van der Waals surface area contributed by atoms with Gasteiger partial charge in [0.1, 0.15) is 13.2 Å². The molecule has 0 aliphatic heterocycles. The Kier molecular flexibility index (Phi) is 16.6. The van der Waals surface area contributed by atoms with Gasteiger partial charge in [-0.3, -0.25) is 4.79 Å². The molecule has 0 atom stereocenters. The quantitative estimate of drug-likeness (QED) is 0.326. The summed E-state index contributed by atoms with van der Waals surface area (Å²) in [6, 6.07) is 0. The number of rotatable bonds is 11. The topological polar surface area (TPSA) is 72.9 Å². The first kappa shape index (κ1) is 24.1. The van der Waals surface area contributed by atoms with Crippen molar-refractivity contribution in [3.8, 4) is 0 Å². The van der Waals surface area contributed by atoms with Gasteiger partial charge < -0.3 is 14.4 Å². The van der Waals surface area contributed by atoms with Crippen molar-refractivity contribution in [1.29, 1.82) is 0 Å². The first-order chi connectivity index (χ1) is 12.0. The zero-order valence-corrected chi connectivity index (χ0v) is 14.4. The molecule has 0 saturated carbocycles. The van der Waals surface area contributed by atoms with Gasteiger partial charge in [-0.1, -0.05) is 44.0 Å². The molecular formula is C19H25NO5. The Hall–Kier alpha value is -3.15. The fourth-order valence-electron chi connectivity index (χ4n) is 1.21. The van der Waals surface area contributed by atoms with Crippen LogP contribution in [-0.4, -0.2) is 49.0 Å². The van der Waals surface area contributed by atoms with E-state index in [2.05, 4.69) is 42.4 Å². The van der Waals surface area contributed by atoms with E-state index in [9.17, 15) is 14.4 Å². The molecule has 25 heavy (non-hydrogen) atoms. The van der Waals surface area contributed by atoms with E-state index in [1.165, 1.54) is 18.2 Å². The molecule has 0 rings (SSSR count). The first-order valence-corrected chi connectivity index (χ1v) is 7.33. The van der Waals surface area contributed by atoms with Crippen molar-refractivity contribution in [3.63, 3.8) is 0 Å². The largest absolute Gasteiger partial charge is 0.458 e. The van der Waals surface area contributed by atoms with Crippen LogP contribution in [-0.2, 0) is 23.9 Å². The van der Waals surface area contributed by atoms with Gasteiger partial charge >= 0.3 is 11.9 Å². The maximum Gasteiger partial charge on any atom is 0.331 e. The van der Waals surface area contributed by atoms with Gasteiger partial charge in [-0.15, -0.1) is 13.2 Å². The standard InChI is InChI=1S/C10H12O4.C9H13NO/c1-3-7-13-9(11)5-6-10(12)14-8-4-2;1-4-7-10(8-5-2)9(11)6-3/h3-6H,1-2,7-8H2;4-6H,1-3,7-8H2. The Morgan fingerprint density at radius 3 is 1.40 bits per heavy atom. The summed E-state index contributed by atoms with van der Waals surface area (Å²) in [6.45, 7) is 18.5. The van der Waals surface area contributed by atoms with Crippen molar-refractivity contribution in [1.82, 2.24) is 4.90 Å². The maximum absolute atomic E-state index is 11.0. The summed E-state index contributed by atoms with van der Waals surface area (Å²) in [5.41, 5.74) is 0. The summed E-state index contributed by atoms with van der Waals surface area (Å²) >= 11 is 0. The molecule has 6 heteroatoms. The Morgan fingerprint density at radius 1 is 0.720 bits per heavy atom. The normalized spacial score (nSPS) is 8.96. The second-order valence-electron chi connectivity index (χ2n) is 4.20. The van der Waals surface area contributed by atoms with Crippen molar-refractivity contribution in [2.24, 2.45) is 0 Å². The molecule has 0 bridgehead atoms. The minimum atomic E-state index is -0.611. The summed E-state index contributed by atoms with van der Waals surface area (Å²) in [5, 5.41) is 0. The van der Waals surface area contributed by atoms with Gasteiger partial charge in [0.2, 0.25) is 5.91 Å². The minimum absolute atomic E-state index is 0.0928. The Morgan fingerprint density at radius 2 is 1.12 bits per heavy atom. The monoisotopic (exact) mass is 347 g/mol. The maximum atomic E-state index is 11.0. The molecule has 0 radical (unpaired) electrons. The van der Waals surface area contributed by atoms with Gasteiger partial charge in [0.25, 0.3) is 0 Å². The van der Waals surface area contributed by atoms with Crippen LogP contribution in [0.1, 0.15) is 0 Å². The third-order valence-electron chi connectivity index (χ3n) is 2.23. The SMILES string of the molecule is C=CCN(CC=C)C(=O)C=C.C=CCOC(=O)C=CC(=O)OCC=C. The molecule has 0 aliphatic carbocycles. The van der Waals surface area contributed by atoms with Crippen molar-refractivity contribution < 1.29 is 23.9 Å². The highest BCUT2D eigenvalue weighted by Crippen LogP contribution is 1.91. The number of amides is 1. The third-order valence-corrected chi connectivity index (χ3v) is 2.23. The predicted molar refractivity (Wildman–Crippen MR) is 98.6 cm³/mol. The molecule has 0 fully saturated rings. The summed E-state index contributed by atoms with van der Waals surface area (Å²) in [7, 11) is 0. The van der Waals surface area contributed by atoms with Crippen LogP contribution in [0.15, 0.2) is 75.4 Å². The number of esters is 2.